The first kappa shape index (κ1) is 18.2. The molecule has 1 amide bonds. The Hall–Kier alpha value is -3.19. The molecule has 2 aromatic heterocycles. The Morgan fingerprint density at radius 1 is 1.00 bits per heavy atom. The van der Waals surface area contributed by atoms with Crippen LogP contribution in [0.3, 0.4) is 0 Å². The molecular formula is C21H24N6O. The minimum absolute atomic E-state index is 0.0405. The summed E-state index contributed by atoms with van der Waals surface area (Å²) in [6, 6.07) is 15.9. The lowest BCUT2D eigenvalue weighted by Crippen LogP contribution is -2.49. The summed E-state index contributed by atoms with van der Waals surface area (Å²) in [7, 11) is 0. The first-order chi connectivity index (χ1) is 13.8. The van der Waals surface area contributed by atoms with E-state index in [0.29, 0.717) is 13.1 Å². The monoisotopic (exact) mass is 376 g/mol. The minimum atomic E-state index is 0.0405. The second-order valence-corrected chi connectivity index (χ2v) is 6.86. The van der Waals surface area contributed by atoms with Crippen molar-refractivity contribution in [2.24, 2.45) is 0 Å². The second kappa shape index (κ2) is 8.67. The molecule has 0 unspecified atom stereocenters. The number of aromatic nitrogens is 3. The van der Waals surface area contributed by atoms with Crippen LogP contribution in [-0.2, 0) is 11.3 Å². The van der Waals surface area contributed by atoms with E-state index in [9.17, 15) is 4.79 Å². The number of amides is 1. The van der Waals surface area contributed by atoms with E-state index in [0.717, 1.165) is 43.2 Å². The first-order valence-electron chi connectivity index (χ1n) is 9.52. The van der Waals surface area contributed by atoms with Crippen LogP contribution < -0.4 is 10.2 Å². The van der Waals surface area contributed by atoms with Gasteiger partial charge in [0.25, 0.3) is 0 Å². The lowest BCUT2D eigenvalue weighted by Gasteiger charge is -2.34. The SMILES string of the molecule is O=C(CN1CCN(c2ccccn2)CC1)NCc1cnn(-c2ccccc2)c1. The molecule has 0 aliphatic carbocycles. The summed E-state index contributed by atoms with van der Waals surface area (Å²) in [6.07, 6.45) is 5.55. The molecule has 4 rings (SSSR count). The molecule has 1 N–H and O–H groups in total. The number of rotatable bonds is 6. The van der Waals surface area contributed by atoms with Crippen LogP contribution in [0.5, 0.6) is 0 Å². The summed E-state index contributed by atoms with van der Waals surface area (Å²) in [5.74, 6) is 1.04. The maximum Gasteiger partial charge on any atom is 0.234 e. The zero-order valence-electron chi connectivity index (χ0n) is 15.7. The summed E-state index contributed by atoms with van der Waals surface area (Å²) >= 11 is 0. The van der Waals surface area contributed by atoms with Crippen molar-refractivity contribution in [2.45, 2.75) is 6.54 Å². The van der Waals surface area contributed by atoms with Gasteiger partial charge >= 0.3 is 0 Å². The second-order valence-electron chi connectivity index (χ2n) is 6.86. The van der Waals surface area contributed by atoms with Crippen molar-refractivity contribution >= 4 is 11.7 Å². The average molecular weight is 376 g/mol. The number of piperazine rings is 1. The molecule has 0 saturated carbocycles. The maximum absolute atomic E-state index is 12.3. The number of hydrogen-bond donors (Lipinski definition) is 1. The summed E-state index contributed by atoms with van der Waals surface area (Å²) in [5, 5.41) is 7.35. The fourth-order valence-corrected chi connectivity index (χ4v) is 3.31. The number of nitrogens with zero attached hydrogens (tertiary/aromatic N) is 5. The van der Waals surface area contributed by atoms with Gasteiger partial charge in [-0.3, -0.25) is 9.69 Å². The van der Waals surface area contributed by atoms with Gasteiger partial charge < -0.3 is 10.2 Å². The van der Waals surface area contributed by atoms with E-state index in [1.807, 2.05) is 65.6 Å². The number of carbonyl (C=O) groups is 1. The lowest BCUT2D eigenvalue weighted by atomic mass is 10.3. The molecule has 1 aromatic carbocycles. The molecule has 0 spiro atoms. The summed E-state index contributed by atoms with van der Waals surface area (Å²) < 4.78 is 1.82. The van der Waals surface area contributed by atoms with Gasteiger partial charge in [0.15, 0.2) is 0 Å². The average Bonchev–Trinajstić information content (AvgIpc) is 3.23. The molecule has 7 heteroatoms. The Labute approximate surface area is 164 Å². The van der Waals surface area contributed by atoms with Crippen molar-refractivity contribution in [2.75, 3.05) is 37.6 Å². The van der Waals surface area contributed by atoms with E-state index < -0.39 is 0 Å². The Morgan fingerprint density at radius 2 is 1.79 bits per heavy atom. The number of carbonyl (C=O) groups excluding carboxylic acids is 1. The van der Waals surface area contributed by atoms with Gasteiger partial charge in [-0.25, -0.2) is 9.67 Å². The van der Waals surface area contributed by atoms with Crippen molar-refractivity contribution in [3.63, 3.8) is 0 Å². The molecule has 7 nitrogen and oxygen atoms in total. The number of anilines is 1. The maximum atomic E-state index is 12.3. The van der Waals surface area contributed by atoms with Gasteiger partial charge in [-0.05, 0) is 24.3 Å². The Kier molecular flexibility index (Phi) is 5.63. The molecule has 144 valence electrons. The lowest BCUT2D eigenvalue weighted by molar-refractivity contribution is -0.122. The third-order valence-corrected chi connectivity index (χ3v) is 4.86. The summed E-state index contributed by atoms with van der Waals surface area (Å²) in [6.45, 7) is 4.39. The van der Waals surface area contributed by atoms with Gasteiger partial charge in [-0.15, -0.1) is 0 Å². The van der Waals surface area contributed by atoms with Crippen LogP contribution in [-0.4, -0.2) is 58.3 Å². The van der Waals surface area contributed by atoms with Crippen LogP contribution in [0.1, 0.15) is 5.56 Å². The van der Waals surface area contributed by atoms with Crippen molar-refractivity contribution in [1.29, 1.82) is 0 Å². The van der Waals surface area contributed by atoms with E-state index >= 15 is 0 Å². The van der Waals surface area contributed by atoms with Crippen LogP contribution >= 0.6 is 0 Å². The van der Waals surface area contributed by atoms with Crippen LogP contribution in [0.4, 0.5) is 5.82 Å². The molecule has 0 radical (unpaired) electrons. The highest BCUT2D eigenvalue weighted by molar-refractivity contribution is 5.78. The quantitative estimate of drug-likeness (QED) is 0.709. The van der Waals surface area contributed by atoms with Gasteiger partial charge in [0.05, 0.1) is 18.4 Å². The van der Waals surface area contributed by atoms with Gasteiger partial charge in [0.2, 0.25) is 5.91 Å². The van der Waals surface area contributed by atoms with E-state index in [4.69, 9.17) is 0 Å². The third kappa shape index (κ3) is 4.55. The fourth-order valence-electron chi connectivity index (χ4n) is 3.31. The van der Waals surface area contributed by atoms with Crippen LogP contribution in [0.2, 0.25) is 0 Å². The molecule has 1 aliphatic heterocycles. The zero-order valence-corrected chi connectivity index (χ0v) is 15.7. The van der Waals surface area contributed by atoms with Crippen molar-refractivity contribution in [3.8, 4) is 5.69 Å². The molecule has 0 bridgehead atoms. The highest BCUT2D eigenvalue weighted by atomic mass is 16.2. The van der Waals surface area contributed by atoms with Gasteiger partial charge in [-0.1, -0.05) is 24.3 Å². The summed E-state index contributed by atoms with van der Waals surface area (Å²) in [5.41, 5.74) is 1.99. The standard InChI is InChI=1S/C21H24N6O/c28-21(17-25-10-12-26(13-11-25)20-8-4-5-9-22-20)23-14-18-15-24-27(16-18)19-6-2-1-3-7-19/h1-9,15-16H,10-14,17H2,(H,23,28). The molecule has 3 aromatic rings. The molecule has 3 heterocycles. The predicted octanol–water partition coefficient (Wildman–Crippen LogP) is 1.71. The smallest absolute Gasteiger partial charge is 0.234 e. The highest BCUT2D eigenvalue weighted by Gasteiger charge is 2.19. The number of pyridine rings is 1. The molecule has 1 saturated heterocycles. The van der Waals surface area contributed by atoms with Crippen molar-refractivity contribution < 1.29 is 4.79 Å². The molecule has 0 atom stereocenters. The molecular weight excluding hydrogens is 352 g/mol. The van der Waals surface area contributed by atoms with Gasteiger partial charge in [0.1, 0.15) is 5.82 Å². The minimum Gasteiger partial charge on any atom is -0.354 e. The fraction of sp³-hybridized carbons (Fsp3) is 0.286. The van der Waals surface area contributed by atoms with Gasteiger partial charge in [0, 0.05) is 50.7 Å². The van der Waals surface area contributed by atoms with Crippen molar-refractivity contribution in [1.82, 2.24) is 25.0 Å². The highest BCUT2D eigenvalue weighted by Crippen LogP contribution is 2.12. The first-order valence-corrected chi connectivity index (χ1v) is 9.52. The molecule has 1 aliphatic rings. The molecule has 1 fully saturated rings. The zero-order chi connectivity index (χ0) is 19.2. The van der Waals surface area contributed by atoms with E-state index in [1.54, 1.807) is 6.20 Å². The third-order valence-electron chi connectivity index (χ3n) is 4.86. The van der Waals surface area contributed by atoms with E-state index in [2.05, 4.69) is 25.2 Å². The van der Waals surface area contributed by atoms with Crippen LogP contribution in [0.25, 0.3) is 5.69 Å². The van der Waals surface area contributed by atoms with Gasteiger partial charge in [-0.2, -0.15) is 5.10 Å². The Morgan fingerprint density at radius 3 is 2.54 bits per heavy atom. The topological polar surface area (TPSA) is 66.3 Å². The number of benzene rings is 1. The number of para-hydroxylation sites is 1. The molecule has 28 heavy (non-hydrogen) atoms. The van der Waals surface area contributed by atoms with Crippen LogP contribution in [0, 0.1) is 0 Å². The summed E-state index contributed by atoms with van der Waals surface area (Å²) in [4.78, 5) is 21.1. The van der Waals surface area contributed by atoms with Crippen LogP contribution in [0.15, 0.2) is 67.1 Å². The van der Waals surface area contributed by atoms with E-state index in [-0.39, 0.29) is 5.91 Å². The van der Waals surface area contributed by atoms with Crippen molar-refractivity contribution in [3.05, 3.63) is 72.7 Å². The Bertz CT molecular complexity index is 888. The normalized spacial score (nSPS) is 14.8. The number of nitrogens with one attached hydrogen (secondary N) is 1. The largest absolute Gasteiger partial charge is 0.354 e. The Balaban J connectivity index is 1.22. The number of hydrogen-bond acceptors (Lipinski definition) is 5. The van der Waals surface area contributed by atoms with E-state index in [1.165, 1.54) is 0 Å². The predicted molar refractivity (Wildman–Crippen MR) is 108 cm³/mol.